The zero-order valence-electron chi connectivity index (χ0n) is 12.3. The van der Waals surface area contributed by atoms with Gasteiger partial charge in [-0.25, -0.2) is 0 Å². The molecule has 2 rings (SSSR count). The van der Waals surface area contributed by atoms with Crippen LogP contribution in [-0.4, -0.2) is 33.2 Å². The van der Waals surface area contributed by atoms with E-state index in [0.717, 1.165) is 4.88 Å². The van der Waals surface area contributed by atoms with Crippen molar-refractivity contribution in [1.29, 1.82) is 0 Å². The summed E-state index contributed by atoms with van der Waals surface area (Å²) in [6.45, 7) is 3.22. The maximum atomic E-state index is 11.8. The maximum Gasteiger partial charge on any atom is 0.308 e. The molecule has 0 aliphatic rings. The van der Waals surface area contributed by atoms with E-state index in [1.165, 1.54) is 11.3 Å². The number of carbonyl (C=O) groups is 2. The molecule has 0 saturated heterocycles. The molecular formula is C14H17N3O4S. The number of nitrogens with one attached hydrogen (secondary N) is 1. The first-order valence-corrected chi connectivity index (χ1v) is 7.74. The number of hydrogen-bond donors (Lipinski definition) is 2. The minimum Gasteiger partial charge on any atom is -0.481 e. The number of carboxylic acids is 1. The standard InChI is InChI=1S/C14H17N3O4S/c1-8(14(19)20)9(2)15-11(18)5-6-12-16-13(17-21-12)10-4-3-7-22-10/h3-4,7-9H,5-6H2,1-2H3,(H,15,18)(H,19,20). The maximum absolute atomic E-state index is 11.8. The van der Waals surface area contributed by atoms with Gasteiger partial charge >= 0.3 is 5.97 Å². The first-order chi connectivity index (χ1) is 10.5. The van der Waals surface area contributed by atoms with Gasteiger partial charge in [0.1, 0.15) is 0 Å². The lowest BCUT2D eigenvalue weighted by Crippen LogP contribution is -2.40. The van der Waals surface area contributed by atoms with Gasteiger partial charge in [0.2, 0.25) is 17.6 Å². The smallest absolute Gasteiger partial charge is 0.308 e. The van der Waals surface area contributed by atoms with E-state index in [-0.39, 0.29) is 12.3 Å². The summed E-state index contributed by atoms with van der Waals surface area (Å²) in [5.41, 5.74) is 0. The molecule has 0 radical (unpaired) electrons. The molecule has 0 aliphatic carbocycles. The molecule has 2 atom stereocenters. The van der Waals surface area contributed by atoms with Gasteiger partial charge in [0.25, 0.3) is 0 Å². The van der Waals surface area contributed by atoms with Gasteiger partial charge in [-0.3, -0.25) is 9.59 Å². The number of nitrogens with zero attached hydrogens (tertiary/aromatic N) is 2. The highest BCUT2D eigenvalue weighted by Gasteiger charge is 2.21. The molecule has 22 heavy (non-hydrogen) atoms. The molecule has 8 heteroatoms. The predicted octanol–water partition coefficient (Wildman–Crippen LogP) is 1.96. The molecule has 0 aromatic carbocycles. The van der Waals surface area contributed by atoms with Crippen molar-refractivity contribution in [1.82, 2.24) is 15.5 Å². The largest absolute Gasteiger partial charge is 0.481 e. The van der Waals surface area contributed by atoms with Crippen LogP contribution in [0.3, 0.4) is 0 Å². The third-order valence-corrected chi connectivity index (χ3v) is 4.17. The first kappa shape index (κ1) is 16.2. The van der Waals surface area contributed by atoms with Gasteiger partial charge in [-0.05, 0) is 25.3 Å². The summed E-state index contributed by atoms with van der Waals surface area (Å²) in [6.07, 6.45) is 0.487. The monoisotopic (exact) mass is 323 g/mol. The number of hydrogen-bond acceptors (Lipinski definition) is 6. The van der Waals surface area contributed by atoms with Crippen LogP contribution in [0.4, 0.5) is 0 Å². The number of rotatable bonds is 7. The molecule has 2 aromatic heterocycles. The van der Waals surface area contributed by atoms with Crippen LogP contribution in [0.25, 0.3) is 10.7 Å². The molecule has 7 nitrogen and oxygen atoms in total. The lowest BCUT2D eigenvalue weighted by atomic mass is 10.0. The Labute approximate surface area is 131 Å². The third-order valence-electron chi connectivity index (χ3n) is 3.30. The number of thiophene rings is 1. The quantitative estimate of drug-likeness (QED) is 0.807. The molecule has 0 spiro atoms. The minimum absolute atomic E-state index is 0.169. The molecule has 0 fully saturated rings. The molecule has 0 saturated carbocycles. The Balaban J connectivity index is 1.83. The van der Waals surface area contributed by atoms with Crippen molar-refractivity contribution in [3.05, 3.63) is 23.4 Å². The predicted molar refractivity (Wildman–Crippen MR) is 80.3 cm³/mol. The zero-order chi connectivity index (χ0) is 16.1. The van der Waals surface area contributed by atoms with E-state index in [4.69, 9.17) is 9.63 Å². The number of aliphatic carboxylic acids is 1. The van der Waals surface area contributed by atoms with E-state index in [1.807, 2.05) is 17.5 Å². The van der Waals surface area contributed by atoms with Gasteiger partial charge in [-0.15, -0.1) is 11.3 Å². The molecule has 0 bridgehead atoms. The lowest BCUT2D eigenvalue weighted by molar-refractivity contribution is -0.142. The summed E-state index contributed by atoms with van der Waals surface area (Å²) >= 11 is 1.51. The molecule has 2 N–H and O–H groups in total. The molecular weight excluding hydrogens is 306 g/mol. The highest BCUT2D eigenvalue weighted by molar-refractivity contribution is 7.13. The second kappa shape index (κ2) is 7.17. The molecule has 0 aliphatic heterocycles. The van der Waals surface area contributed by atoms with Gasteiger partial charge in [-0.2, -0.15) is 4.98 Å². The second-order valence-electron chi connectivity index (χ2n) is 4.97. The van der Waals surface area contributed by atoms with Crippen LogP contribution < -0.4 is 5.32 Å². The minimum atomic E-state index is -0.940. The lowest BCUT2D eigenvalue weighted by Gasteiger charge is -2.17. The molecule has 1 amide bonds. The van der Waals surface area contributed by atoms with Crippen LogP contribution in [0.1, 0.15) is 26.2 Å². The summed E-state index contributed by atoms with van der Waals surface area (Å²) in [5, 5.41) is 17.3. The average Bonchev–Trinajstić information content (AvgIpc) is 3.14. The van der Waals surface area contributed by atoms with Crippen LogP contribution in [-0.2, 0) is 16.0 Å². The number of carboxylic acid groups (broad SMARTS) is 1. The van der Waals surface area contributed by atoms with Crippen molar-refractivity contribution < 1.29 is 19.2 Å². The van der Waals surface area contributed by atoms with Crippen molar-refractivity contribution in [2.24, 2.45) is 5.92 Å². The van der Waals surface area contributed by atoms with Gasteiger partial charge in [0.15, 0.2) is 0 Å². The normalized spacial score (nSPS) is 13.5. The topological polar surface area (TPSA) is 105 Å². The fourth-order valence-electron chi connectivity index (χ4n) is 1.75. The summed E-state index contributed by atoms with van der Waals surface area (Å²) in [6, 6.07) is 3.35. The highest BCUT2D eigenvalue weighted by Crippen LogP contribution is 2.21. The number of carbonyl (C=O) groups excluding carboxylic acids is 1. The molecule has 2 aromatic rings. The fourth-order valence-corrected chi connectivity index (χ4v) is 2.40. The van der Waals surface area contributed by atoms with Crippen molar-refractivity contribution in [2.45, 2.75) is 32.7 Å². The first-order valence-electron chi connectivity index (χ1n) is 6.86. The van der Waals surface area contributed by atoms with Crippen LogP contribution in [0.15, 0.2) is 22.0 Å². The van der Waals surface area contributed by atoms with Crippen molar-refractivity contribution in [3.63, 3.8) is 0 Å². The summed E-state index contributed by atoms with van der Waals surface area (Å²) in [4.78, 5) is 27.8. The Morgan fingerprint density at radius 2 is 2.23 bits per heavy atom. The van der Waals surface area contributed by atoms with Gasteiger partial charge in [0.05, 0.1) is 10.8 Å². The van der Waals surface area contributed by atoms with E-state index < -0.39 is 17.9 Å². The van der Waals surface area contributed by atoms with Crippen molar-refractivity contribution >= 4 is 23.2 Å². The van der Waals surface area contributed by atoms with Crippen LogP contribution in [0.5, 0.6) is 0 Å². The Kier molecular flexibility index (Phi) is 5.26. The van der Waals surface area contributed by atoms with Crippen molar-refractivity contribution in [3.8, 4) is 10.7 Å². The van der Waals surface area contributed by atoms with E-state index in [2.05, 4.69) is 15.5 Å². The van der Waals surface area contributed by atoms with E-state index in [0.29, 0.717) is 18.1 Å². The molecule has 2 unspecified atom stereocenters. The van der Waals surface area contributed by atoms with Gasteiger partial charge in [0, 0.05) is 18.9 Å². The number of aromatic nitrogens is 2. The Hall–Kier alpha value is -2.22. The molecule has 2 heterocycles. The number of aryl methyl sites for hydroxylation is 1. The van der Waals surface area contributed by atoms with Crippen LogP contribution >= 0.6 is 11.3 Å². The van der Waals surface area contributed by atoms with Gasteiger partial charge in [-0.1, -0.05) is 11.2 Å². The van der Waals surface area contributed by atoms with E-state index in [1.54, 1.807) is 13.8 Å². The summed E-state index contributed by atoms with van der Waals surface area (Å²) < 4.78 is 5.10. The van der Waals surface area contributed by atoms with E-state index in [9.17, 15) is 9.59 Å². The Morgan fingerprint density at radius 3 is 2.86 bits per heavy atom. The summed E-state index contributed by atoms with van der Waals surface area (Å²) in [5.74, 6) is -0.921. The van der Waals surface area contributed by atoms with Crippen LogP contribution in [0, 0.1) is 5.92 Å². The Bertz CT molecular complexity index is 638. The average molecular weight is 323 g/mol. The Morgan fingerprint density at radius 1 is 1.45 bits per heavy atom. The second-order valence-corrected chi connectivity index (χ2v) is 5.92. The fraction of sp³-hybridized carbons (Fsp3) is 0.429. The molecule has 118 valence electrons. The van der Waals surface area contributed by atoms with E-state index >= 15 is 0 Å². The zero-order valence-corrected chi connectivity index (χ0v) is 13.1. The number of amides is 1. The highest BCUT2D eigenvalue weighted by atomic mass is 32.1. The SMILES string of the molecule is CC(NC(=O)CCc1nc(-c2cccs2)no1)C(C)C(=O)O. The third kappa shape index (κ3) is 4.14. The van der Waals surface area contributed by atoms with Crippen LogP contribution in [0.2, 0.25) is 0 Å². The van der Waals surface area contributed by atoms with Crippen molar-refractivity contribution in [2.75, 3.05) is 0 Å². The summed E-state index contributed by atoms with van der Waals surface area (Å²) in [7, 11) is 0. The van der Waals surface area contributed by atoms with Gasteiger partial charge < -0.3 is 14.9 Å².